The van der Waals surface area contributed by atoms with Gasteiger partial charge in [-0.3, -0.25) is 9.59 Å². The van der Waals surface area contributed by atoms with Crippen molar-refractivity contribution in [2.24, 2.45) is 0 Å². The Balaban J connectivity index is 0.000000153. The second-order valence-corrected chi connectivity index (χ2v) is 14.5. The summed E-state index contributed by atoms with van der Waals surface area (Å²) in [5.41, 5.74) is 3.35. The fourth-order valence-electron chi connectivity index (χ4n) is 8.42. The second-order valence-electron chi connectivity index (χ2n) is 14.5. The lowest BCUT2D eigenvalue weighted by Crippen LogP contribution is -2.31. The van der Waals surface area contributed by atoms with E-state index in [0.717, 1.165) is 23.9 Å². The number of aliphatic hydroxyl groups excluding tert-OH is 1. The van der Waals surface area contributed by atoms with Crippen LogP contribution < -0.4 is 9.47 Å². The number of carbonyl (C=O) groups is 2. The number of methoxy groups -OCH3 is 2. The molecule has 6 unspecified atom stereocenters. The number of benzene rings is 4. The van der Waals surface area contributed by atoms with Crippen molar-refractivity contribution in [3.63, 3.8) is 0 Å². The minimum Gasteiger partial charge on any atom is -0.505 e. The third kappa shape index (κ3) is 5.87. The van der Waals surface area contributed by atoms with E-state index in [0.29, 0.717) is 12.0 Å². The van der Waals surface area contributed by atoms with Crippen LogP contribution in [0.2, 0.25) is 0 Å². The van der Waals surface area contributed by atoms with Gasteiger partial charge in [0.1, 0.15) is 11.6 Å². The molecular formula is C41H36F2N4O11. The molecule has 6 atom stereocenters. The van der Waals surface area contributed by atoms with Crippen molar-refractivity contribution < 1.29 is 61.5 Å². The summed E-state index contributed by atoms with van der Waals surface area (Å²) < 4.78 is 58.5. The van der Waals surface area contributed by atoms with Crippen LogP contribution in [-0.4, -0.2) is 86.8 Å². The molecule has 300 valence electrons. The number of aromatic nitrogens is 2. The van der Waals surface area contributed by atoms with Crippen LogP contribution in [0, 0.1) is 11.6 Å². The molecule has 2 aliphatic carbocycles. The number of halogens is 2. The molecule has 2 saturated carbocycles. The molecule has 0 radical (unpaired) electrons. The van der Waals surface area contributed by atoms with E-state index in [9.17, 15) is 33.7 Å². The molecule has 0 spiro atoms. The number of hydrogen-bond donors (Lipinski definition) is 3. The average Bonchev–Trinajstić information content (AvgIpc) is 3.95. The topological polar surface area (TPSA) is 190 Å². The predicted octanol–water partition coefficient (Wildman–Crippen LogP) is 6.39. The summed E-state index contributed by atoms with van der Waals surface area (Å²) in [6.45, 7) is 1.56. The smallest absolute Gasteiger partial charge is 0.260 e. The molecule has 4 aromatic carbocycles. The van der Waals surface area contributed by atoms with Gasteiger partial charge in [0.15, 0.2) is 72.2 Å². The molecule has 10 rings (SSSR count). The van der Waals surface area contributed by atoms with Crippen LogP contribution in [-0.2, 0) is 9.47 Å². The molecule has 0 saturated heterocycles. The van der Waals surface area contributed by atoms with Crippen molar-refractivity contribution in [2.75, 3.05) is 27.8 Å². The molecule has 3 N–H and O–H groups in total. The number of fused-ring (bicyclic) bond motifs is 4. The number of rotatable bonds is 10. The van der Waals surface area contributed by atoms with Crippen LogP contribution >= 0.6 is 0 Å². The minimum absolute atomic E-state index is 0.0173. The fourth-order valence-corrected chi connectivity index (χ4v) is 8.42. The molecular weight excluding hydrogens is 762 g/mol. The van der Waals surface area contributed by atoms with Crippen molar-refractivity contribution in [3.8, 4) is 23.0 Å². The van der Waals surface area contributed by atoms with E-state index in [4.69, 9.17) is 27.8 Å². The largest absolute Gasteiger partial charge is 0.505 e. The zero-order valence-electron chi connectivity index (χ0n) is 31.2. The van der Waals surface area contributed by atoms with Gasteiger partial charge in [-0.05, 0) is 55.2 Å². The third-order valence-corrected chi connectivity index (χ3v) is 11.2. The van der Waals surface area contributed by atoms with Gasteiger partial charge in [-0.15, -0.1) is 0 Å². The number of hydrogen-bond acceptors (Lipinski definition) is 13. The van der Waals surface area contributed by atoms with Gasteiger partial charge in [-0.2, -0.15) is 0 Å². The molecule has 58 heavy (non-hydrogen) atoms. The van der Waals surface area contributed by atoms with Gasteiger partial charge >= 0.3 is 0 Å². The van der Waals surface area contributed by atoms with E-state index in [1.165, 1.54) is 49.8 Å². The van der Waals surface area contributed by atoms with Crippen molar-refractivity contribution in [2.45, 2.75) is 56.0 Å². The number of phenolic OH excluding ortho intramolecular Hbond substituents is 2. The van der Waals surface area contributed by atoms with Gasteiger partial charge in [0.25, 0.3) is 11.8 Å². The lowest BCUT2D eigenvalue weighted by atomic mass is 10.0. The average molecular weight is 799 g/mol. The SMILES string of the molecule is CC1c2c(c(O)c3ncoc3c2O)C(=O)N1C1CC1c1ccc(F)cc1.COCOc1c2c(c(OCOC)c3ocnc13)C(O)N(C1CC1c1ccc(F)cc1)C2=O. The van der Waals surface area contributed by atoms with Crippen LogP contribution in [0.5, 0.6) is 23.0 Å². The molecule has 4 aliphatic rings. The van der Waals surface area contributed by atoms with E-state index in [1.54, 1.807) is 29.2 Å². The number of carbonyl (C=O) groups excluding carboxylic acids is 2. The summed E-state index contributed by atoms with van der Waals surface area (Å²) in [6, 6.07) is 11.7. The van der Waals surface area contributed by atoms with Crippen molar-refractivity contribution in [3.05, 3.63) is 106 Å². The molecule has 2 fully saturated rings. The summed E-state index contributed by atoms with van der Waals surface area (Å²) in [5, 5.41) is 32.3. The summed E-state index contributed by atoms with van der Waals surface area (Å²) in [5.74, 6) is -1.38. The fraction of sp³-hybridized carbons (Fsp3) is 0.317. The Morgan fingerprint density at radius 2 is 1.22 bits per heavy atom. The lowest BCUT2D eigenvalue weighted by Gasteiger charge is -2.22. The van der Waals surface area contributed by atoms with E-state index in [2.05, 4.69) is 9.97 Å². The van der Waals surface area contributed by atoms with Gasteiger partial charge in [-0.1, -0.05) is 24.3 Å². The van der Waals surface area contributed by atoms with Crippen LogP contribution in [0.25, 0.3) is 22.2 Å². The first-order chi connectivity index (χ1) is 28.0. The highest BCUT2D eigenvalue weighted by molar-refractivity contribution is 6.09. The number of amides is 2. The van der Waals surface area contributed by atoms with Crippen molar-refractivity contribution in [1.82, 2.24) is 19.8 Å². The summed E-state index contributed by atoms with van der Waals surface area (Å²) >= 11 is 0. The van der Waals surface area contributed by atoms with Gasteiger partial charge in [-0.25, -0.2) is 18.7 Å². The molecule has 17 heteroatoms. The van der Waals surface area contributed by atoms with Gasteiger partial charge in [0, 0.05) is 43.7 Å². The maximum Gasteiger partial charge on any atom is 0.260 e. The van der Waals surface area contributed by atoms with E-state index >= 15 is 0 Å². The third-order valence-electron chi connectivity index (χ3n) is 11.2. The predicted molar refractivity (Wildman–Crippen MR) is 197 cm³/mol. The first-order valence-corrected chi connectivity index (χ1v) is 18.4. The molecule has 0 bridgehead atoms. The molecule has 2 amide bonds. The monoisotopic (exact) mass is 798 g/mol. The number of ether oxygens (including phenoxy) is 4. The second kappa shape index (κ2) is 14.3. The zero-order valence-corrected chi connectivity index (χ0v) is 31.2. The zero-order chi connectivity index (χ0) is 40.6. The first kappa shape index (κ1) is 37.3. The first-order valence-electron chi connectivity index (χ1n) is 18.4. The molecule has 4 heterocycles. The number of phenols is 2. The maximum atomic E-state index is 13.5. The summed E-state index contributed by atoms with van der Waals surface area (Å²) in [7, 11) is 2.91. The number of oxazole rings is 2. The van der Waals surface area contributed by atoms with Gasteiger partial charge < -0.3 is 52.9 Å². The van der Waals surface area contributed by atoms with E-state index in [1.807, 2.05) is 6.92 Å². The lowest BCUT2D eigenvalue weighted by molar-refractivity contribution is 0.00850. The molecule has 15 nitrogen and oxygen atoms in total. The van der Waals surface area contributed by atoms with E-state index < -0.39 is 18.2 Å². The number of aromatic hydroxyl groups is 2. The van der Waals surface area contributed by atoms with Crippen LogP contribution in [0.3, 0.4) is 0 Å². The highest BCUT2D eigenvalue weighted by Crippen LogP contribution is 2.56. The Bertz CT molecular complexity index is 2580. The number of nitrogens with zero attached hydrogens (tertiary/aromatic N) is 4. The summed E-state index contributed by atoms with van der Waals surface area (Å²) in [4.78, 5) is 37.7. The van der Waals surface area contributed by atoms with Gasteiger partial charge in [0.2, 0.25) is 5.58 Å². The Kier molecular flexibility index (Phi) is 9.17. The van der Waals surface area contributed by atoms with Crippen LogP contribution in [0.4, 0.5) is 8.78 Å². The highest BCUT2D eigenvalue weighted by atomic mass is 19.1. The summed E-state index contributed by atoms with van der Waals surface area (Å²) in [6.07, 6.45) is 2.43. The Hall–Kier alpha value is -6.30. The minimum atomic E-state index is -1.29. The van der Waals surface area contributed by atoms with Crippen molar-refractivity contribution in [1.29, 1.82) is 0 Å². The van der Waals surface area contributed by atoms with Crippen LogP contribution in [0.1, 0.15) is 86.8 Å². The standard InChI is InChI=1S/C22H21FN2O7.C19H15FN2O4/c1-28-9-31-18-15-16(19(32-10-29-2)20-17(18)24-8-30-20)22(27)25(21(15)26)14-7-13(14)11-3-5-12(23)6-4-11;1-8-13-14(16(23)15-18(17(13)24)26-7-21-15)19(25)22(8)12-6-11(12)9-2-4-10(20)5-3-9/h3-6,8,13-14,22,27H,7,9-10H2,1-2H3;2-5,7-8,11-12,23-24H,6H2,1H3. The van der Waals surface area contributed by atoms with Crippen molar-refractivity contribution >= 4 is 34.0 Å². The van der Waals surface area contributed by atoms with Gasteiger partial charge in [0.05, 0.1) is 22.7 Å². The maximum absolute atomic E-state index is 13.5. The quantitative estimate of drug-likeness (QED) is 0.102. The Morgan fingerprint density at radius 3 is 1.81 bits per heavy atom. The Morgan fingerprint density at radius 1 is 0.707 bits per heavy atom. The highest BCUT2D eigenvalue weighted by Gasteiger charge is 2.55. The van der Waals surface area contributed by atoms with Crippen LogP contribution in [0.15, 0.2) is 70.2 Å². The normalized spacial score (nSPS) is 22.9. The molecule has 2 aromatic heterocycles. The molecule has 2 aliphatic heterocycles. The number of aliphatic hydroxyl groups is 1. The Labute approximate surface area is 327 Å². The van der Waals surface area contributed by atoms with E-state index in [-0.39, 0.29) is 117 Å². The molecule has 6 aromatic rings.